The van der Waals surface area contributed by atoms with E-state index < -0.39 is 0 Å². The van der Waals surface area contributed by atoms with E-state index in [2.05, 4.69) is 48.0 Å². The molecule has 0 aliphatic carbocycles. The van der Waals surface area contributed by atoms with Crippen LogP contribution >= 0.6 is 11.3 Å². The monoisotopic (exact) mass is 310 g/mol. The van der Waals surface area contributed by atoms with E-state index in [-0.39, 0.29) is 0 Å². The summed E-state index contributed by atoms with van der Waals surface area (Å²) in [6.07, 6.45) is 5.84. The van der Waals surface area contributed by atoms with Crippen molar-refractivity contribution >= 4 is 16.5 Å². The molecule has 1 unspecified atom stereocenters. The maximum Gasteiger partial charge on any atom is 0.185 e. The van der Waals surface area contributed by atoms with Crippen molar-refractivity contribution in [2.24, 2.45) is 5.92 Å². The fourth-order valence-electron chi connectivity index (χ4n) is 2.83. The largest absolute Gasteiger partial charge is 0.351 e. The van der Waals surface area contributed by atoms with Gasteiger partial charge in [0.2, 0.25) is 0 Å². The molecule has 5 heteroatoms. The van der Waals surface area contributed by atoms with Crippen LogP contribution in [0.5, 0.6) is 0 Å². The van der Waals surface area contributed by atoms with Gasteiger partial charge in [0.25, 0.3) is 0 Å². The van der Waals surface area contributed by atoms with Gasteiger partial charge in [-0.2, -0.15) is 0 Å². The zero-order chi connectivity index (χ0) is 15.2. The minimum Gasteiger partial charge on any atom is -0.351 e. The Balaban J connectivity index is 1.85. The van der Waals surface area contributed by atoms with Crippen molar-refractivity contribution in [3.63, 3.8) is 0 Å². The van der Waals surface area contributed by atoms with Gasteiger partial charge < -0.3 is 15.1 Å². The number of anilines is 1. The molecule has 1 N–H and O–H groups in total. The number of rotatable bonds is 7. The Labute approximate surface area is 133 Å². The molecule has 0 aromatic carbocycles. The first-order valence-electron chi connectivity index (χ1n) is 8.19. The Morgan fingerprint density at radius 1 is 1.48 bits per heavy atom. The van der Waals surface area contributed by atoms with Crippen LogP contribution in [0, 0.1) is 5.92 Å². The number of nitrogens with zero attached hydrogens (tertiary/aromatic N) is 3. The second-order valence-corrected chi connectivity index (χ2v) is 7.39. The molecule has 0 spiro atoms. The van der Waals surface area contributed by atoms with Gasteiger partial charge in [-0.25, -0.2) is 4.98 Å². The van der Waals surface area contributed by atoms with Crippen LogP contribution in [0.2, 0.25) is 0 Å². The summed E-state index contributed by atoms with van der Waals surface area (Å²) in [5.41, 5.74) is 0. The van der Waals surface area contributed by atoms with E-state index in [1.807, 2.05) is 17.5 Å². The highest BCUT2D eigenvalue weighted by atomic mass is 32.1. The standard InChI is InChI=1S/C16H30N4S/c1-5-8-17-13(2)15-11-18-16(21-15)20(4)12-14-6-9-19(3)10-7-14/h11,13-14,17H,5-10,12H2,1-4H3. The molecule has 0 amide bonds. The van der Waals surface area contributed by atoms with Gasteiger partial charge in [0, 0.05) is 30.7 Å². The summed E-state index contributed by atoms with van der Waals surface area (Å²) in [5.74, 6) is 0.814. The lowest BCUT2D eigenvalue weighted by molar-refractivity contribution is 0.222. The van der Waals surface area contributed by atoms with Gasteiger partial charge in [-0.1, -0.05) is 6.92 Å². The average Bonchev–Trinajstić information content (AvgIpc) is 2.97. The summed E-state index contributed by atoms with van der Waals surface area (Å²) in [6, 6.07) is 0.410. The number of hydrogen-bond acceptors (Lipinski definition) is 5. The van der Waals surface area contributed by atoms with Crippen molar-refractivity contribution < 1.29 is 0 Å². The number of nitrogens with one attached hydrogen (secondary N) is 1. The number of piperidine rings is 1. The van der Waals surface area contributed by atoms with Gasteiger partial charge in [0.05, 0.1) is 0 Å². The molecule has 1 fully saturated rings. The number of thiazole rings is 1. The molecule has 1 atom stereocenters. The molecule has 4 nitrogen and oxygen atoms in total. The quantitative estimate of drug-likeness (QED) is 0.839. The smallest absolute Gasteiger partial charge is 0.185 e. The highest BCUT2D eigenvalue weighted by Crippen LogP contribution is 2.28. The van der Waals surface area contributed by atoms with E-state index in [9.17, 15) is 0 Å². The molecule has 1 saturated heterocycles. The predicted molar refractivity (Wildman–Crippen MR) is 92.3 cm³/mol. The van der Waals surface area contributed by atoms with Crippen LogP contribution in [0.4, 0.5) is 5.13 Å². The lowest BCUT2D eigenvalue weighted by atomic mass is 9.97. The Kier molecular flexibility index (Phi) is 6.45. The maximum atomic E-state index is 4.62. The number of aromatic nitrogens is 1. The second-order valence-electron chi connectivity index (χ2n) is 6.35. The summed E-state index contributed by atoms with van der Waals surface area (Å²) in [4.78, 5) is 10.7. The fraction of sp³-hybridized carbons (Fsp3) is 0.812. The normalized spacial score (nSPS) is 18.9. The molecular formula is C16H30N4S. The third-order valence-corrected chi connectivity index (χ3v) is 5.63. The summed E-state index contributed by atoms with van der Waals surface area (Å²) >= 11 is 1.83. The van der Waals surface area contributed by atoms with Gasteiger partial charge in [-0.15, -0.1) is 11.3 Å². The Hall–Kier alpha value is -0.650. The van der Waals surface area contributed by atoms with Gasteiger partial charge in [0.1, 0.15) is 0 Å². The van der Waals surface area contributed by atoms with Crippen LogP contribution in [-0.4, -0.2) is 50.2 Å². The van der Waals surface area contributed by atoms with Crippen molar-refractivity contribution in [3.8, 4) is 0 Å². The van der Waals surface area contributed by atoms with Crippen LogP contribution in [0.3, 0.4) is 0 Å². The van der Waals surface area contributed by atoms with Crippen LogP contribution in [0.15, 0.2) is 6.20 Å². The minimum atomic E-state index is 0.410. The molecular weight excluding hydrogens is 280 g/mol. The third kappa shape index (κ3) is 4.94. The molecule has 0 bridgehead atoms. The maximum absolute atomic E-state index is 4.62. The summed E-state index contributed by atoms with van der Waals surface area (Å²) in [7, 11) is 4.41. The first kappa shape index (κ1) is 16.7. The lowest BCUT2D eigenvalue weighted by Gasteiger charge is -2.31. The highest BCUT2D eigenvalue weighted by Gasteiger charge is 2.20. The van der Waals surface area contributed by atoms with E-state index in [0.29, 0.717) is 6.04 Å². The summed E-state index contributed by atoms with van der Waals surface area (Å²) in [6.45, 7) is 9.10. The molecule has 0 saturated carbocycles. The molecule has 1 aliphatic heterocycles. The molecule has 2 rings (SSSR count). The molecule has 21 heavy (non-hydrogen) atoms. The second kappa shape index (κ2) is 8.11. The van der Waals surface area contributed by atoms with E-state index >= 15 is 0 Å². The van der Waals surface area contributed by atoms with Crippen molar-refractivity contribution in [2.75, 3.05) is 45.2 Å². The SMILES string of the molecule is CCCNC(C)c1cnc(N(C)CC2CCN(C)CC2)s1. The van der Waals surface area contributed by atoms with Crippen molar-refractivity contribution in [2.45, 2.75) is 39.2 Å². The van der Waals surface area contributed by atoms with Crippen LogP contribution < -0.4 is 10.2 Å². The fourth-order valence-corrected chi connectivity index (χ4v) is 3.74. The van der Waals surface area contributed by atoms with Gasteiger partial charge in [-0.3, -0.25) is 0 Å². The van der Waals surface area contributed by atoms with Gasteiger partial charge in [0.15, 0.2) is 5.13 Å². The van der Waals surface area contributed by atoms with Gasteiger partial charge in [-0.05, 0) is 58.8 Å². The van der Waals surface area contributed by atoms with E-state index in [1.165, 1.54) is 37.2 Å². The first-order valence-corrected chi connectivity index (χ1v) is 9.00. The molecule has 2 heterocycles. The minimum absolute atomic E-state index is 0.410. The van der Waals surface area contributed by atoms with Crippen molar-refractivity contribution in [1.82, 2.24) is 15.2 Å². The molecule has 0 radical (unpaired) electrons. The zero-order valence-corrected chi connectivity index (χ0v) is 14.7. The van der Waals surface area contributed by atoms with E-state index in [4.69, 9.17) is 0 Å². The van der Waals surface area contributed by atoms with Crippen LogP contribution in [0.1, 0.15) is 44.0 Å². The van der Waals surface area contributed by atoms with Crippen LogP contribution in [-0.2, 0) is 0 Å². The molecule has 120 valence electrons. The van der Waals surface area contributed by atoms with Crippen LogP contribution in [0.25, 0.3) is 0 Å². The Morgan fingerprint density at radius 2 is 2.19 bits per heavy atom. The zero-order valence-electron chi connectivity index (χ0n) is 13.9. The van der Waals surface area contributed by atoms with Crippen molar-refractivity contribution in [1.29, 1.82) is 0 Å². The first-order chi connectivity index (χ1) is 10.1. The van der Waals surface area contributed by atoms with Crippen molar-refractivity contribution in [3.05, 3.63) is 11.1 Å². The van der Waals surface area contributed by atoms with E-state index in [0.717, 1.165) is 24.1 Å². The Bertz CT molecular complexity index is 412. The molecule has 1 aromatic heterocycles. The molecule has 1 aliphatic rings. The Morgan fingerprint density at radius 3 is 2.86 bits per heavy atom. The average molecular weight is 311 g/mol. The summed E-state index contributed by atoms with van der Waals surface area (Å²) in [5, 5.41) is 4.69. The number of hydrogen-bond donors (Lipinski definition) is 1. The predicted octanol–water partition coefficient (Wildman–Crippen LogP) is 2.98. The third-order valence-electron chi connectivity index (χ3n) is 4.34. The topological polar surface area (TPSA) is 31.4 Å². The lowest BCUT2D eigenvalue weighted by Crippen LogP contribution is -2.35. The summed E-state index contributed by atoms with van der Waals surface area (Å²) < 4.78 is 0. The van der Waals surface area contributed by atoms with Gasteiger partial charge >= 0.3 is 0 Å². The number of likely N-dealkylation sites (tertiary alicyclic amines) is 1. The van der Waals surface area contributed by atoms with E-state index in [1.54, 1.807) is 0 Å². The highest BCUT2D eigenvalue weighted by molar-refractivity contribution is 7.15. The molecule has 1 aromatic rings.